The van der Waals surface area contributed by atoms with Gasteiger partial charge in [-0.3, -0.25) is 14.9 Å². The number of hydrogen-bond donors (Lipinski definition) is 2. The second-order valence-corrected chi connectivity index (χ2v) is 6.71. The molecule has 1 saturated heterocycles. The molecular formula is C21H28FN5O. The van der Waals surface area contributed by atoms with Gasteiger partial charge in [0.05, 0.1) is 19.3 Å². The standard InChI is InChI=1S/C21H28FN5O/c1-23-21(25-10-8-17-3-2-9-24-15-17)26-16-20(27-11-13-28-14-12-27)18-4-6-19(22)7-5-18/h2-7,9,15,20H,8,10-14,16H2,1H3,(H2,23,25,26). The van der Waals surface area contributed by atoms with E-state index in [0.29, 0.717) is 6.54 Å². The summed E-state index contributed by atoms with van der Waals surface area (Å²) in [6.45, 7) is 4.60. The zero-order chi connectivity index (χ0) is 19.6. The first kappa shape index (κ1) is 20.2. The van der Waals surface area contributed by atoms with Gasteiger partial charge in [0.15, 0.2) is 5.96 Å². The molecule has 1 aromatic carbocycles. The van der Waals surface area contributed by atoms with Crippen LogP contribution in [0.5, 0.6) is 0 Å². The van der Waals surface area contributed by atoms with Gasteiger partial charge >= 0.3 is 0 Å². The van der Waals surface area contributed by atoms with E-state index < -0.39 is 0 Å². The Morgan fingerprint density at radius 1 is 1.21 bits per heavy atom. The molecule has 7 heteroatoms. The summed E-state index contributed by atoms with van der Waals surface area (Å²) in [4.78, 5) is 10.8. The lowest BCUT2D eigenvalue weighted by Gasteiger charge is -2.35. The van der Waals surface area contributed by atoms with Crippen molar-refractivity contribution in [3.05, 3.63) is 65.7 Å². The summed E-state index contributed by atoms with van der Waals surface area (Å²) in [5, 5.41) is 6.76. The maximum absolute atomic E-state index is 13.4. The van der Waals surface area contributed by atoms with Gasteiger partial charge in [-0.2, -0.15) is 0 Å². The minimum absolute atomic E-state index is 0.126. The normalized spacial score (nSPS) is 16.6. The number of nitrogens with zero attached hydrogens (tertiary/aromatic N) is 3. The van der Waals surface area contributed by atoms with Crippen LogP contribution in [0.1, 0.15) is 17.2 Å². The molecule has 1 aromatic heterocycles. The van der Waals surface area contributed by atoms with Crippen molar-refractivity contribution in [2.75, 3.05) is 46.4 Å². The van der Waals surface area contributed by atoms with E-state index in [4.69, 9.17) is 4.74 Å². The van der Waals surface area contributed by atoms with Gasteiger partial charge in [0.2, 0.25) is 0 Å². The van der Waals surface area contributed by atoms with E-state index >= 15 is 0 Å². The molecule has 0 bridgehead atoms. The molecule has 6 nitrogen and oxygen atoms in total. The summed E-state index contributed by atoms with van der Waals surface area (Å²) >= 11 is 0. The van der Waals surface area contributed by atoms with E-state index in [0.717, 1.165) is 50.8 Å². The Hall–Kier alpha value is -2.51. The van der Waals surface area contributed by atoms with Gasteiger partial charge < -0.3 is 15.4 Å². The summed E-state index contributed by atoms with van der Waals surface area (Å²) in [6, 6.07) is 10.9. The predicted octanol–water partition coefficient (Wildman–Crippen LogP) is 2.00. The van der Waals surface area contributed by atoms with Crippen molar-refractivity contribution < 1.29 is 9.13 Å². The molecule has 0 aliphatic carbocycles. The van der Waals surface area contributed by atoms with E-state index in [1.54, 1.807) is 13.2 Å². The smallest absolute Gasteiger partial charge is 0.191 e. The van der Waals surface area contributed by atoms with Gasteiger partial charge in [-0.25, -0.2) is 4.39 Å². The van der Waals surface area contributed by atoms with Crippen LogP contribution < -0.4 is 10.6 Å². The van der Waals surface area contributed by atoms with Crippen LogP contribution in [0.15, 0.2) is 53.8 Å². The van der Waals surface area contributed by atoms with E-state index in [1.807, 2.05) is 24.4 Å². The van der Waals surface area contributed by atoms with Crippen LogP contribution in [0.25, 0.3) is 0 Å². The van der Waals surface area contributed by atoms with Gasteiger partial charge in [-0.15, -0.1) is 0 Å². The van der Waals surface area contributed by atoms with Gasteiger partial charge in [0, 0.05) is 45.6 Å². The van der Waals surface area contributed by atoms with Crippen molar-refractivity contribution in [2.45, 2.75) is 12.5 Å². The number of nitrogens with one attached hydrogen (secondary N) is 2. The van der Waals surface area contributed by atoms with Gasteiger partial charge in [-0.05, 0) is 35.7 Å². The number of aliphatic imine (C=N–C) groups is 1. The number of rotatable bonds is 7. The molecule has 1 atom stereocenters. The Bertz CT molecular complexity index is 732. The van der Waals surface area contributed by atoms with Gasteiger partial charge in [-0.1, -0.05) is 18.2 Å². The predicted molar refractivity (Wildman–Crippen MR) is 109 cm³/mol. The fraction of sp³-hybridized carbons (Fsp3) is 0.429. The fourth-order valence-electron chi connectivity index (χ4n) is 3.32. The number of morpholine rings is 1. The fourth-order valence-corrected chi connectivity index (χ4v) is 3.32. The number of halogens is 1. The number of aromatic nitrogens is 1. The second kappa shape index (κ2) is 10.7. The van der Waals surface area contributed by atoms with Crippen LogP contribution in [0.2, 0.25) is 0 Å². The molecule has 2 aromatic rings. The topological polar surface area (TPSA) is 61.8 Å². The Labute approximate surface area is 165 Å². The van der Waals surface area contributed by atoms with E-state index in [2.05, 4.69) is 31.6 Å². The summed E-state index contributed by atoms with van der Waals surface area (Å²) < 4.78 is 18.8. The van der Waals surface area contributed by atoms with Gasteiger partial charge in [0.25, 0.3) is 0 Å². The quantitative estimate of drug-likeness (QED) is 0.564. The Morgan fingerprint density at radius 3 is 2.68 bits per heavy atom. The lowest BCUT2D eigenvalue weighted by Crippen LogP contribution is -2.46. The third-order valence-corrected chi connectivity index (χ3v) is 4.86. The van der Waals surface area contributed by atoms with E-state index in [9.17, 15) is 4.39 Å². The Balaban J connectivity index is 1.57. The molecule has 1 aliphatic heterocycles. The highest BCUT2D eigenvalue weighted by Gasteiger charge is 2.23. The van der Waals surface area contributed by atoms with Crippen LogP contribution in [0, 0.1) is 5.82 Å². The summed E-state index contributed by atoms with van der Waals surface area (Å²) in [6.07, 6.45) is 4.53. The van der Waals surface area contributed by atoms with Crippen LogP contribution in [0.3, 0.4) is 0 Å². The molecule has 2 N–H and O–H groups in total. The molecule has 0 saturated carbocycles. The van der Waals surface area contributed by atoms with Crippen molar-refractivity contribution >= 4 is 5.96 Å². The first-order valence-corrected chi connectivity index (χ1v) is 9.67. The molecular weight excluding hydrogens is 357 g/mol. The van der Waals surface area contributed by atoms with Crippen LogP contribution in [-0.2, 0) is 11.2 Å². The molecule has 0 radical (unpaired) electrons. The van der Waals surface area contributed by atoms with E-state index in [1.165, 1.54) is 17.7 Å². The monoisotopic (exact) mass is 385 g/mol. The molecule has 1 fully saturated rings. The average Bonchev–Trinajstić information content (AvgIpc) is 2.75. The minimum Gasteiger partial charge on any atom is -0.379 e. The molecule has 0 spiro atoms. The molecule has 150 valence electrons. The summed E-state index contributed by atoms with van der Waals surface area (Å²) in [5.74, 6) is 0.537. The maximum atomic E-state index is 13.4. The molecule has 1 unspecified atom stereocenters. The third kappa shape index (κ3) is 6.00. The molecule has 0 amide bonds. The minimum atomic E-state index is -0.217. The average molecular weight is 385 g/mol. The highest BCUT2D eigenvalue weighted by molar-refractivity contribution is 5.79. The van der Waals surface area contributed by atoms with Crippen LogP contribution in [-0.4, -0.2) is 62.3 Å². The number of benzene rings is 1. The lowest BCUT2D eigenvalue weighted by atomic mass is 10.0. The van der Waals surface area contributed by atoms with Crippen molar-refractivity contribution in [1.82, 2.24) is 20.5 Å². The first-order chi connectivity index (χ1) is 13.8. The van der Waals surface area contributed by atoms with E-state index in [-0.39, 0.29) is 11.9 Å². The van der Waals surface area contributed by atoms with Crippen molar-refractivity contribution in [3.63, 3.8) is 0 Å². The number of hydrogen-bond acceptors (Lipinski definition) is 4. The highest BCUT2D eigenvalue weighted by atomic mass is 19.1. The lowest BCUT2D eigenvalue weighted by molar-refractivity contribution is 0.0170. The Kier molecular flexibility index (Phi) is 7.75. The summed E-state index contributed by atoms with van der Waals surface area (Å²) in [5.41, 5.74) is 2.27. The molecule has 2 heterocycles. The number of ether oxygens (including phenoxy) is 1. The largest absolute Gasteiger partial charge is 0.379 e. The second-order valence-electron chi connectivity index (χ2n) is 6.71. The summed E-state index contributed by atoms with van der Waals surface area (Å²) in [7, 11) is 1.76. The Morgan fingerprint density at radius 2 is 2.00 bits per heavy atom. The SMILES string of the molecule is CN=C(NCCc1cccnc1)NCC(c1ccc(F)cc1)N1CCOCC1. The zero-order valence-corrected chi connectivity index (χ0v) is 16.3. The zero-order valence-electron chi connectivity index (χ0n) is 16.3. The van der Waals surface area contributed by atoms with Crippen molar-refractivity contribution in [2.24, 2.45) is 4.99 Å². The van der Waals surface area contributed by atoms with Crippen molar-refractivity contribution in [3.8, 4) is 0 Å². The molecule has 28 heavy (non-hydrogen) atoms. The number of guanidine groups is 1. The van der Waals surface area contributed by atoms with Crippen molar-refractivity contribution in [1.29, 1.82) is 0 Å². The third-order valence-electron chi connectivity index (χ3n) is 4.86. The van der Waals surface area contributed by atoms with Gasteiger partial charge in [0.1, 0.15) is 5.82 Å². The van der Waals surface area contributed by atoms with Crippen LogP contribution in [0.4, 0.5) is 4.39 Å². The number of pyridine rings is 1. The maximum Gasteiger partial charge on any atom is 0.191 e. The van der Waals surface area contributed by atoms with Crippen LogP contribution >= 0.6 is 0 Å². The highest BCUT2D eigenvalue weighted by Crippen LogP contribution is 2.21. The molecule has 1 aliphatic rings. The molecule has 3 rings (SSSR count). The first-order valence-electron chi connectivity index (χ1n) is 9.67.